The molecule has 98 valence electrons. The van der Waals surface area contributed by atoms with Crippen molar-refractivity contribution in [2.24, 2.45) is 0 Å². The number of aromatic nitrogens is 1. The first-order valence-corrected chi connectivity index (χ1v) is 7.12. The monoisotopic (exact) mass is 272 g/mol. The number of nitrogens with one attached hydrogen (secondary N) is 1. The Morgan fingerprint density at radius 2 is 2.22 bits per heavy atom. The topological polar surface area (TPSA) is 106 Å². The van der Waals surface area contributed by atoms with Crippen LogP contribution < -0.4 is 9.46 Å². The normalized spacial score (nSPS) is 15.2. The maximum Gasteiger partial charge on any atom is 0.341 e. The van der Waals surface area contributed by atoms with Crippen molar-refractivity contribution in [3.05, 3.63) is 17.8 Å². The lowest BCUT2D eigenvalue weighted by Crippen LogP contribution is -2.12. The van der Waals surface area contributed by atoms with Gasteiger partial charge in [0.1, 0.15) is 17.1 Å². The fraction of sp³-hybridized carbons (Fsp3) is 0.400. The van der Waals surface area contributed by atoms with Crippen LogP contribution in [0.5, 0.6) is 5.75 Å². The molecule has 18 heavy (non-hydrogen) atoms. The van der Waals surface area contributed by atoms with E-state index in [9.17, 15) is 13.2 Å². The number of hydrogen-bond donors (Lipinski definition) is 2. The van der Waals surface area contributed by atoms with Crippen molar-refractivity contribution in [1.29, 1.82) is 0 Å². The van der Waals surface area contributed by atoms with E-state index in [1.54, 1.807) is 0 Å². The van der Waals surface area contributed by atoms with Crippen LogP contribution in [0, 0.1) is 0 Å². The number of sulfonamides is 1. The lowest BCUT2D eigenvalue weighted by Gasteiger charge is -2.10. The highest BCUT2D eigenvalue weighted by atomic mass is 32.2. The minimum Gasteiger partial charge on any atom is -0.489 e. The van der Waals surface area contributed by atoms with E-state index in [-0.39, 0.29) is 23.2 Å². The number of ether oxygens (including phenoxy) is 1. The van der Waals surface area contributed by atoms with Gasteiger partial charge in [0, 0.05) is 12.3 Å². The highest BCUT2D eigenvalue weighted by Gasteiger charge is 2.26. The molecule has 0 atom stereocenters. The van der Waals surface area contributed by atoms with Crippen molar-refractivity contribution < 1.29 is 23.1 Å². The molecular weight excluding hydrogens is 260 g/mol. The van der Waals surface area contributed by atoms with Crippen LogP contribution in [-0.4, -0.2) is 36.8 Å². The molecule has 2 rings (SSSR count). The summed E-state index contributed by atoms with van der Waals surface area (Å²) in [5, 5.41) is 8.96. The van der Waals surface area contributed by atoms with Gasteiger partial charge in [0.2, 0.25) is 10.0 Å². The second-order valence-corrected chi connectivity index (χ2v) is 5.81. The van der Waals surface area contributed by atoms with Crippen LogP contribution in [0.25, 0.3) is 0 Å². The number of pyridine rings is 1. The fourth-order valence-corrected chi connectivity index (χ4v) is 1.80. The summed E-state index contributed by atoms with van der Waals surface area (Å²) in [6, 6.07) is 1.28. The predicted octanol–water partition coefficient (Wildman–Crippen LogP) is 0.692. The predicted molar refractivity (Wildman–Crippen MR) is 63.3 cm³/mol. The summed E-state index contributed by atoms with van der Waals surface area (Å²) in [5.41, 5.74) is -0.0825. The summed E-state index contributed by atoms with van der Waals surface area (Å²) < 4.78 is 29.7. The molecule has 0 radical (unpaired) electrons. The molecule has 1 aliphatic carbocycles. The molecule has 1 fully saturated rings. The molecule has 2 N–H and O–H groups in total. The van der Waals surface area contributed by atoms with E-state index in [4.69, 9.17) is 9.84 Å². The molecule has 1 heterocycles. The van der Waals surface area contributed by atoms with Crippen molar-refractivity contribution in [2.45, 2.75) is 18.9 Å². The van der Waals surface area contributed by atoms with E-state index >= 15 is 0 Å². The van der Waals surface area contributed by atoms with Crippen molar-refractivity contribution in [1.82, 2.24) is 4.98 Å². The second kappa shape index (κ2) is 4.45. The van der Waals surface area contributed by atoms with Gasteiger partial charge < -0.3 is 9.84 Å². The zero-order valence-corrected chi connectivity index (χ0v) is 10.4. The SMILES string of the molecule is CS(=O)(=O)Nc1cc(OC2CC2)c(C(=O)O)cn1. The number of rotatable bonds is 5. The molecule has 7 nitrogen and oxygen atoms in total. The number of carboxylic acid groups (broad SMARTS) is 1. The van der Waals surface area contributed by atoms with Crippen LogP contribution in [-0.2, 0) is 10.0 Å². The van der Waals surface area contributed by atoms with Crippen molar-refractivity contribution in [3.8, 4) is 5.75 Å². The molecule has 8 heteroatoms. The van der Waals surface area contributed by atoms with E-state index < -0.39 is 16.0 Å². The summed E-state index contributed by atoms with van der Waals surface area (Å²) in [4.78, 5) is 14.7. The molecule has 0 bridgehead atoms. The Balaban J connectivity index is 2.31. The average Bonchev–Trinajstić information content (AvgIpc) is 2.98. The average molecular weight is 272 g/mol. The third kappa shape index (κ3) is 3.33. The first kappa shape index (κ1) is 12.6. The third-order valence-corrected chi connectivity index (χ3v) is 2.78. The highest BCUT2D eigenvalue weighted by Crippen LogP contribution is 2.30. The van der Waals surface area contributed by atoms with Gasteiger partial charge in [0.25, 0.3) is 0 Å². The van der Waals surface area contributed by atoms with E-state index in [1.165, 1.54) is 6.07 Å². The van der Waals surface area contributed by atoms with Crippen LogP contribution in [0.15, 0.2) is 12.3 Å². The Kier molecular flexibility index (Phi) is 3.12. The summed E-state index contributed by atoms with van der Waals surface area (Å²) >= 11 is 0. The number of hydrogen-bond acceptors (Lipinski definition) is 5. The highest BCUT2D eigenvalue weighted by molar-refractivity contribution is 7.92. The number of aromatic carboxylic acids is 1. The number of nitrogens with zero attached hydrogens (tertiary/aromatic N) is 1. The van der Waals surface area contributed by atoms with Gasteiger partial charge in [0.05, 0.1) is 12.4 Å². The molecule has 0 saturated heterocycles. The Morgan fingerprint density at radius 3 is 2.72 bits per heavy atom. The minimum absolute atomic E-state index is 0.0107. The maximum absolute atomic E-state index is 11.1. The van der Waals surface area contributed by atoms with Gasteiger partial charge in [-0.1, -0.05) is 0 Å². The molecule has 0 spiro atoms. The smallest absolute Gasteiger partial charge is 0.341 e. The van der Waals surface area contributed by atoms with Gasteiger partial charge in [-0.2, -0.15) is 0 Å². The lowest BCUT2D eigenvalue weighted by atomic mass is 10.2. The van der Waals surface area contributed by atoms with Crippen LogP contribution >= 0.6 is 0 Å². The summed E-state index contributed by atoms with van der Waals surface area (Å²) in [5.74, 6) is -0.992. The Labute approximate surface area is 104 Å². The lowest BCUT2D eigenvalue weighted by molar-refractivity contribution is 0.0691. The number of carbonyl (C=O) groups is 1. The van der Waals surface area contributed by atoms with E-state index in [0.717, 1.165) is 25.3 Å². The van der Waals surface area contributed by atoms with E-state index in [2.05, 4.69) is 9.71 Å². The number of anilines is 1. The fourth-order valence-electron chi connectivity index (χ4n) is 1.31. The first-order chi connectivity index (χ1) is 8.35. The molecule has 0 unspecified atom stereocenters. The van der Waals surface area contributed by atoms with Crippen LogP contribution in [0.4, 0.5) is 5.82 Å². The van der Waals surface area contributed by atoms with E-state index in [0.29, 0.717) is 0 Å². The van der Waals surface area contributed by atoms with Crippen molar-refractivity contribution in [2.75, 3.05) is 11.0 Å². The van der Waals surface area contributed by atoms with Crippen molar-refractivity contribution in [3.63, 3.8) is 0 Å². The van der Waals surface area contributed by atoms with E-state index in [1.807, 2.05) is 0 Å². The number of carboxylic acids is 1. The summed E-state index contributed by atoms with van der Waals surface area (Å²) in [7, 11) is -3.46. The molecular formula is C10H12N2O5S. The van der Waals surface area contributed by atoms with Gasteiger partial charge in [0.15, 0.2) is 0 Å². The van der Waals surface area contributed by atoms with Crippen LogP contribution in [0.1, 0.15) is 23.2 Å². The van der Waals surface area contributed by atoms with Crippen LogP contribution in [0.2, 0.25) is 0 Å². The van der Waals surface area contributed by atoms with Gasteiger partial charge in [-0.15, -0.1) is 0 Å². The molecule has 1 aliphatic rings. The quantitative estimate of drug-likeness (QED) is 0.817. The zero-order valence-electron chi connectivity index (χ0n) is 9.58. The first-order valence-electron chi connectivity index (χ1n) is 5.23. The largest absolute Gasteiger partial charge is 0.489 e. The minimum atomic E-state index is -3.46. The summed E-state index contributed by atoms with van der Waals surface area (Å²) in [6.07, 6.45) is 3.82. The molecule has 1 saturated carbocycles. The maximum atomic E-state index is 11.1. The van der Waals surface area contributed by atoms with Gasteiger partial charge >= 0.3 is 5.97 Å². The molecule has 1 aromatic rings. The Hall–Kier alpha value is -1.83. The molecule has 0 aliphatic heterocycles. The second-order valence-electron chi connectivity index (χ2n) is 4.06. The van der Waals surface area contributed by atoms with Gasteiger partial charge in [-0.05, 0) is 12.8 Å². The zero-order chi connectivity index (χ0) is 13.3. The Morgan fingerprint density at radius 1 is 1.56 bits per heavy atom. The van der Waals surface area contributed by atoms with Gasteiger partial charge in [-0.3, -0.25) is 4.72 Å². The molecule has 0 amide bonds. The molecule has 0 aromatic carbocycles. The van der Waals surface area contributed by atoms with Crippen molar-refractivity contribution >= 4 is 21.8 Å². The molecule has 1 aromatic heterocycles. The summed E-state index contributed by atoms with van der Waals surface area (Å²) in [6.45, 7) is 0. The Bertz CT molecular complexity index is 580. The standard InChI is InChI=1S/C10H12N2O5S/c1-18(15,16)12-9-4-8(17-6-2-3-6)7(5-11-9)10(13)14/h4-6H,2-3H2,1H3,(H,11,12)(H,13,14). The third-order valence-electron chi connectivity index (χ3n) is 2.20. The van der Waals surface area contributed by atoms with Crippen LogP contribution in [0.3, 0.4) is 0 Å². The van der Waals surface area contributed by atoms with Gasteiger partial charge in [-0.25, -0.2) is 18.2 Å².